The van der Waals surface area contributed by atoms with Crippen molar-refractivity contribution in [2.45, 2.75) is 25.3 Å². The van der Waals surface area contributed by atoms with Crippen LogP contribution in [-0.2, 0) is 10.0 Å². The van der Waals surface area contributed by atoms with Crippen LogP contribution in [0.4, 0.5) is 8.78 Å². The van der Waals surface area contributed by atoms with Crippen molar-refractivity contribution in [3.05, 3.63) is 35.4 Å². The van der Waals surface area contributed by atoms with Gasteiger partial charge in [-0.25, -0.2) is 21.5 Å². The summed E-state index contributed by atoms with van der Waals surface area (Å²) in [4.78, 5) is 3.93. The van der Waals surface area contributed by atoms with E-state index in [0.717, 1.165) is 16.4 Å². The van der Waals surface area contributed by atoms with Crippen molar-refractivity contribution in [2.75, 3.05) is 19.8 Å². The van der Waals surface area contributed by atoms with Crippen LogP contribution >= 0.6 is 0 Å². The van der Waals surface area contributed by atoms with E-state index in [-0.39, 0.29) is 17.3 Å². The summed E-state index contributed by atoms with van der Waals surface area (Å²) in [6.07, 6.45) is 0. The number of nitrogens with zero attached hydrogens (tertiary/aromatic N) is 2. The summed E-state index contributed by atoms with van der Waals surface area (Å²) >= 11 is 0. The first-order valence-corrected chi connectivity index (χ1v) is 8.38. The van der Waals surface area contributed by atoms with Gasteiger partial charge in [0.05, 0.1) is 11.3 Å². The van der Waals surface area contributed by atoms with Crippen LogP contribution in [0.2, 0.25) is 0 Å². The molecule has 1 saturated heterocycles. The molecule has 122 valence electrons. The fourth-order valence-corrected chi connectivity index (χ4v) is 4.27. The van der Waals surface area contributed by atoms with Crippen LogP contribution in [0.5, 0.6) is 0 Å². The molecule has 22 heavy (non-hydrogen) atoms. The predicted octanol–water partition coefficient (Wildman–Crippen LogP) is 1.68. The maximum Gasteiger partial charge on any atom is 0.239 e. The minimum Gasteiger partial charge on any atom is -0.349 e. The Labute approximate surface area is 129 Å². The van der Waals surface area contributed by atoms with Gasteiger partial charge < -0.3 is 5.32 Å². The molecule has 1 aromatic carbocycles. The van der Waals surface area contributed by atoms with Crippen molar-refractivity contribution in [3.63, 3.8) is 0 Å². The first kappa shape index (κ1) is 16.7. The van der Waals surface area contributed by atoms with Gasteiger partial charge in [-0.3, -0.25) is 4.99 Å². The molecule has 1 fully saturated rings. The second-order valence-electron chi connectivity index (χ2n) is 5.70. The number of hydrogen-bond acceptors (Lipinski definition) is 3. The van der Waals surface area contributed by atoms with E-state index in [1.54, 1.807) is 13.8 Å². The lowest BCUT2D eigenvalue weighted by molar-refractivity contribution is 0.349. The zero-order valence-corrected chi connectivity index (χ0v) is 13.7. The number of benzene rings is 1. The van der Waals surface area contributed by atoms with Gasteiger partial charge in [0.15, 0.2) is 0 Å². The zero-order chi connectivity index (χ0) is 16.7. The Morgan fingerprint density at radius 2 is 2.05 bits per heavy atom. The average Bonchev–Trinajstić information content (AvgIpc) is 2.42. The van der Waals surface area contributed by atoms with E-state index in [0.29, 0.717) is 0 Å². The zero-order valence-electron chi connectivity index (χ0n) is 12.9. The average molecular weight is 331 g/mol. The Hall–Kier alpha value is -1.70. The molecule has 1 aliphatic heterocycles. The smallest absolute Gasteiger partial charge is 0.239 e. The molecule has 2 unspecified atom stereocenters. The summed E-state index contributed by atoms with van der Waals surface area (Å²) in [5, 5.41) is 3.06. The third kappa shape index (κ3) is 2.79. The molecule has 0 aliphatic carbocycles. The van der Waals surface area contributed by atoms with E-state index in [9.17, 15) is 17.2 Å². The first-order chi connectivity index (χ1) is 10.1. The summed E-state index contributed by atoms with van der Waals surface area (Å²) < 4.78 is 52.7. The predicted molar refractivity (Wildman–Crippen MR) is 81.2 cm³/mol. The van der Waals surface area contributed by atoms with Gasteiger partial charge in [-0.1, -0.05) is 13.0 Å². The Morgan fingerprint density at radius 3 is 2.59 bits per heavy atom. The summed E-state index contributed by atoms with van der Waals surface area (Å²) in [5.41, 5.74) is -0.703. The first-order valence-electron chi connectivity index (χ1n) is 6.77. The lowest BCUT2D eigenvalue weighted by Gasteiger charge is -2.44. The van der Waals surface area contributed by atoms with Gasteiger partial charge in [-0.2, -0.15) is 0 Å². The molecular weight excluding hydrogens is 312 g/mol. The van der Waals surface area contributed by atoms with Gasteiger partial charge in [0, 0.05) is 26.1 Å². The fraction of sp³-hybridized carbons (Fsp3) is 0.500. The van der Waals surface area contributed by atoms with E-state index >= 15 is 0 Å². The molecule has 1 aliphatic rings. The van der Waals surface area contributed by atoms with Crippen LogP contribution in [0.1, 0.15) is 25.3 Å². The van der Waals surface area contributed by atoms with Gasteiger partial charge >= 0.3 is 0 Å². The molecule has 1 heterocycles. The molecule has 0 bridgehead atoms. The highest BCUT2D eigenvalue weighted by Crippen LogP contribution is 2.34. The number of nitrogens with one attached hydrogen (secondary N) is 1. The summed E-state index contributed by atoms with van der Waals surface area (Å²) in [7, 11) is -0.675. The SMILES string of the molecule is CN=C1NC(C)(C(C)c2ccc(F)cc2F)CS(=O)(=O)N1C. The topological polar surface area (TPSA) is 61.8 Å². The molecule has 0 saturated carbocycles. The van der Waals surface area contributed by atoms with Crippen LogP contribution in [0.15, 0.2) is 23.2 Å². The largest absolute Gasteiger partial charge is 0.349 e. The highest BCUT2D eigenvalue weighted by Gasteiger charge is 2.45. The molecule has 2 rings (SSSR count). The van der Waals surface area contributed by atoms with Gasteiger partial charge in [-0.15, -0.1) is 0 Å². The number of halogens is 2. The van der Waals surface area contributed by atoms with E-state index in [1.165, 1.54) is 20.2 Å². The minimum atomic E-state index is -3.56. The Balaban J connectivity index is 2.45. The highest BCUT2D eigenvalue weighted by atomic mass is 32.2. The van der Waals surface area contributed by atoms with Crippen molar-refractivity contribution in [2.24, 2.45) is 4.99 Å². The number of aliphatic imine (C=N–C) groups is 1. The highest BCUT2D eigenvalue weighted by molar-refractivity contribution is 7.89. The lowest BCUT2D eigenvalue weighted by Crippen LogP contribution is -2.64. The van der Waals surface area contributed by atoms with Crippen molar-refractivity contribution in [1.29, 1.82) is 0 Å². The monoisotopic (exact) mass is 331 g/mol. The molecule has 0 amide bonds. The molecule has 8 heteroatoms. The van der Waals surface area contributed by atoms with Gasteiger partial charge in [0.25, 0.3) is 0 Å². The van der Waals surface area contributed by atoms with E-state index in [4.69, 9.17) is 0 Å². The Kier molecular flexibility index (Phi) is 4.16. The Morgan fingerprint density at radius 1 is 1.41 bits per heavy atom. The van der Waals surface area contributed by atoms with Crippen molar-refractivity contribution in [3.8, 4) is 0 Å². The second kappa shape index (κ2) is 5.49. The van der Waals surface area contributed by atoms with Gasteiger partial charge in [-0.05, 0) is 18.6 Å². The molecule has 1 N–H and O–H groups in total. The van der Waals surface area contributed by atoms with Crippen LogP contribution in [0.25, 0.3) is 0 Å². The molecule has 0 aromatic heterocycles. The summed E-state index contributed by atoms with van der Waals surface area (Å²) in [5.74, 6) is -1.88. The number of guanidine groups is 1. The second-order valence-corrected chi connectivity index (χ2v) is 7.70. The number of sulfonamides is 1. The van der Waals surface area contributed by atoms with Crippen molar-refractivity contribution < 1.29 is 17.2 Å². The van der Waals surface area contributed by atoms with Crippen LogP contribution in [0, 0.1) is 11.6 Å². The fourth-order valence-electron chi connectivity index (χ4n) is 2.60. The van der Waals surface area contributed by atoms with Crippen LogP contribution in [0.3, 0.4) is 0 Å². The van der Waals surface area contributed by atoms with Crippen LogP contribution < -0.4 is 5.32 Å². The third-order valence-corrected chi connectivity index (χ3v) is 6.16. The van der Waals surface area contributed by atoms with Gasteiger partial charge in [0.2, 0.25) is 16.0 Å². The minimum absolute atomic E-state index is 0.197. The van der Waals surface area contributed by atoms with Gasteiger partial charge in [0.1, 0.15) is 11.6 Å². The van der Waals surface area contributed by atoms with Crippen molar-refractivity contribution >= 4 is 16.0 Å². The van der Waals surface area contributed by atoms with E-state index in [1.807, 2.05) is 0 Å². The quantitative estimate of drug-likeness (QED) is 0.897. The van der Waals surface area contributed by atoms with E-state index in [2.05, 4.69) is 10.3 Å². The maximum absolute atomic E-state index is 14.0. The summed E-state index contributed by atoms with van der Waals surface area (Å²) in [6.45, 7) is 3.40. The molecule has 2 atom stereocenters. The molecule has 1 aromatic rings. The van der Waals surface area contributed by atoms with Crippen LogP contribution in [-0.4, -0.2) is 44.1 Å². The maximum atomic E-state index is 14.0. The number of rotatable bonds is 2. The Bertz CT molecular complexity index is 721. The molecule has 0 radical (unpaired) electrons. The molecule has 5 nitrogen and oxygen atoms in total. The third-order valence-electron chi connectivity index (χ3n) is 4.19. The lowest BCUT2D eigenvalue weighted by atomic mass is 9.83. The number of hydrogen-bond donors (Lipinski definition) is 1. The summed E-state index contributed by atoms with van der Waals surface area (Å²) in [6, 6.07) is 3.31. The van der Waals surface area contributed by atoms with E-state index < -0.39 is 33.1 Å². The van der Waals surface area contributed by atoms with Crippen molar-refractivity contribution in [1.82, 2.24) is 9.62 Å². The normalized spacial score (nSPS) is 27.5. The molecule has 0 spiro atoms. The standard InChI is InChI=1S/C14H19F2N3O2S/c1-9(11-6-5-10(15)7-12(11)16)14(2)8-22(20,21)19(4)13(17-3)18-14/h5-7,9H,8H2,1-4H3,(H,17,18). The molecular formula is C14H19F2N3O2S.